The van der Waals surface area contributed by atoms with Crippen LogP contribution in [0.25, 0.3) is 0 Å². The van der Waals surface area contributed by atoms with Crippen molar-refractivity contribution in [3.05, 3.63) is 0 Å². The molecule has 1 unspecified atom stereocenters. The number of carbonyl (C=O) groups excluding carboxylic acids is 2. The van der Waals surface area contributed by atoms with E-state index in [2.05, 4.69) is 5.32 Å². The molecule has 0 aromatic heterocycles. The molecule has 1 saturated heterocycles. The Bertz CT molecular complexity index is 423. The lowest BCUT2D eigenvalue weighted by molar-refractivity contribution is -0.157. The molecule has 4 heteroatoms. The maximum absolute atomic E-state index is 12.8. The van der Waals surface area contributed by atoms with Gasteiger partial charge in [0, 0.05) is 6.54 Å². The minimum absolute atomic E-state index is 0.0748. The van der Waals surface area contributed by atoms with Crippen LogP contribution in [0.15, 0.2) is 0 Å². The van der Waals surface area contributed by atoms with Crippen molar-refractivity contribution in [3.8, 4) is 0 Å². The summed E-state index contributed by atoms with van der Waals surface area (Å²) in [6, 6.07) is -0.216. The zero-order valence-electron chi connectivity index (χ0n) is 13.4. The second-order valence-electron chi connectivity index (χ2n) is 7.71. The largest absolute Gasteiger partial charge is 0.340 e. The number of rotatable bonds is 3. The van der Waals surface area contributed by atoms with Crippen molar-refractivity contribution < 1.29 is 9.59 Å². The third-order valence-corrected chi connectivity index (χ3v) is 5.61. The van der Waals surface area contributed by atoms with Crippen LogP contribution in [-0.4, -0.2) is 34.8 Å². The number of nitrogens with one attached hydrogen (secondary N) is 1. The molecule has 2 aliphatic carbocycles. The van der Waals surface area contributed by atoms with Gasteiger partial charge >= 0.3 is 0 Å². The Balaban J connectivity index is 1.81. The van der Waals surface area contributed by atoms with Crippen molar-refractivity contribution in [2.24, 2.45) is 11.8 Å². The number of amides is 2. The highest BCUT2D eigenvalue weighted by Gasteiger charge is 2.48. The molecule has 3 aliphatic rings. The van der Waals surface area contributed by atoms with E-state index < -0.39 is 5.54 Å². The third-order valence-electron chi connectivity index (χ3n) is 5.61. The number of hydrogen-bond acceptors (Lipinski definition) is 2. The summed E-state index contributed by atoms with van der Waals surface area (Å²) in [6.07, 6.45) is 9.54. The van der Waals surface area contributed by atoms with Crippen LogP contribution < -0.4 is 5.32 Å². The molecule has 0 bridgehead atoms. The summed E-state index contributed by atoms with van der Waals surface area (Å²) < 4.78 is 0. The number of nitrogens with zero attached hydrogens (tertiary/aromatic N) is 1. The van der Waals surface area contributed by atoms with E-state index in [0.29, 0.717) is 11.8 Å². The molecule has 0 spiro atoms. The minimum Gasteiger partial charge on any atom is -0.340 e. The molecule has 3 fully saturated rings. The standard InChI is InChI=1S/C17H28N2O2/c1-17(2)16(21)19(11-12-7-6-8-12)14(15(20)18-17)13-9-4-3-5-10-13/h12-14H,3-11H2,1-2H3,(H,18,20). The van der Waals surface area contributed by atoms with Gasteiger partial charge in [-0.05, 0) is 51.4 Å². The quantitative estimate of drug-likeness (QED) is 0.868. The SMILES string of the molecule is CC1(C)NC(=O)C(C2CCCCC2)N(CC2CCC2)C1=O. The Morgan fingerprint density at radius 3 is 2.29 bits per heavy atom. The van der Waals surface area contributed by atoms with Gasteiger partial charge in [-0.25, -0.2) is 0 Å². The van der Waals surface area contributed by atoms with E-state index in [1.54, 1.807) is 0 Å². The Hall–Kier alpha value is -1.06. The molecule has 118 valence electrons. The Morgan fingerprint density at radius 1 is 1.05 bits per heavy atom. The first kappa shape index (κ1) is 14.9. The van der Waals surface area contributed by atoms with Crippen molar-refractivity contribution >= 4 is 11.8 Å². The summed E-state index contributed by atoms with van der Waals surface area (Å²) >= 11 is 0. The fraction of sp³-hybridized carbons (Fsp3) is 0.882. The first-order valence-corrected chi connectivity index (χ1v) is 8.62. The van der Waals surface area contributed by atoms with Gasteiger partial charge in [-0.1, -0.05) is 25.7 Å². The van der Waals surface area contributed by atoms with Gasteiger partial charge in [0.2, 0.25) is 11.8 Å². The van der Waals surface area contributed by atoms with E-state index in [1.807, 2.05) is 18.7 Å². The van der Waals surface area contributed by atoms with Crippen LogP contribution >= 0.6 is 0 Å². The molecule has 1 atom stereocenters. The second-order valence-corrected chi connectivity index (χ2v) is 7.71. The van der Waals surface area contributed by atoms with Crippen LogP contribution in [0.5, 0.6) is 0 Å². The van der Waals surface area contributed by atoms with Crippen molar-refractivity contribution in [3.63, 3.8) is 0 Å². The average Bonchev–Trinajstić information content (AvgIpc) is 2.39. The van der Waals surface area contributed by atoms with Crippen molar-refractivity contribution in [2.45, 2.75) is 76.8 Å². The maximum Gasteiger partial charge on any atom is 0.248 e. The second kappa shape index (κ2) is 5.62. The molecular weight excluding hydrogens is 264 g/mol. The van der Waals surface area contributed by atoms with E-state index in [9.17, 15) is 9.59 Å². The highest BCUT2D eigenvalue weighted by molar-refractivity contribution is 5.99. The van der Waals surface area contributed by atoms with E-state index in [0.717, 1.165) is 19.4 Å². The van der Waals surface area contributed by atoms with Crippen LogP contribution in [0, 0.1) is 11.8 Å². The van der Waals surface area contributed by atoms with E-state index in [1.165, 1.54) is 38.5 Å². The fourth-order valence-corrected chi connectivity index (χ4v) is 4.13. The zero-order chi connectivity index (χ0) is 15.0. The topological polar surface area (TPSA) is 49.4 Å². The minimum atomic E-state index is -0.744. The molecule has 1 N–H and O–H groups in total. The molecule has 4 nitrogen and oxygen atoms in total. The molecule has 0 aromatic carbocycles. The molecule has 0 aromatic rings. The summed E-state index contributed by atoms with van der Waals surface area (Å²) in [5.41, 5.74) is -0.744. The summed E-state index contributed by atoms with van der Waals surface area (Å²) in [7, 11) is 0. The summed E-state index contributed by atoms with van der Waals surface area (Å²) in [5.74, 6) is 1.16. The Kier molecular flexibility index (Phi) is 3.98. The van der Waals surface area contributed by atoms with Gasteiger partial charge in [-0.3, -0.25) is 9.59 Å². The van der Waals surface area contributed by atoms with Gasteiger partial charge in [-0.15, -0.1) is 0 Å². The van der Waals surface area contributed by atoms with Gasteiger partial charge in [0.25, 0.3) is 0 Å². The van der Waals surface area contributed by atoms with E-state index >= 15 is 0 Å². The first-order valence-electron chi connectivity index (χ1n) is 8.62. The zero-order valence-corrected chi connectivity index (χ0v) is 13.4. The molecule has 2 amide bonds. The van der Waals surface area contributed by atoms with Crippen LogP contribution in [0.2, 0.25) is 0 Å². The van der Waals surface area contributed by atoms with Crippen LogP contribution in [0.4, 0.5) is 0 Å². The smallest absolute Gasteiger partial charge is 0.248 e. The normalized spacial score (nSPS) is 31.0. The predicted octanol–water partition coefficient (Wildman–Crippen LogP) is 2.47. The molecule has 0 radical (unpaired) electrons. The Morgan fingerprint density at radius 2 is 1.71 bits per heavy atom. The van der Waals surface area contributed by atoms with Crippen LogP contribution in [0.1, 0.15) is 65.2 Å². The molecule has 1 aliphatic heterocycles. The van der Waals surface area contributed by atoms with Gasteiger partial charge < -0.3 is 10.2 Å². The lowest BCUT2D eigenvalue weighted by Crippen LogP contribution is -2.70. The maximum atomic E-state index is 12.8. The van der Waals surface area contributed by atoms with Crippen LogP contribution in [-0.2, 0) is 9.59 Å². The van der Waals surface area contributed by atoms with Crippen molar-refractivity contribution in [2.75, 3.05) is 6.54 Å². The highest BCUT2D eigenvalue weighted by Crippen LogP contribution is 2.35. The number of hydrogen-bond donors (Lipinski definition) is 1. The first-order chi connectivity index (χ1) is 9.99. The van der Waals surface area contributed by atoms with Crippen molar-refractivity contribution in [1.82, 2.24) is 10.2 Å². The molecule has 2 saturated carbocycles. The van der Waals surface area contributed by atoms with E-state index in [-0.39, 0.29) is 17.9 Å². The summed E-state index contributed by atoms with van der Waals surface area (Å²) in [5, 5.41) is 2.96. The van der Waals surface area contributed by atoms with Gasteiger partial charge in [0.15, 0.2) is 0 Å². The monoisotopic (exact) mass is 292 g/mol. The number of carbonyl (C=O) groups is 2. The molecule has 3 rings (SSSR count). The molecular formula is C17H28N2O2. The Labute approximate surface area is 127 Å². The predicted molar refractivity (Wildman–Crippen MR) is 81.6 cm³/mol. The lowest BCUT2D eigenvalue weighted by Gasteiger charge is -2.48. The van der Waals surface area contributed by atoms with Crippen molar-refractivity contribution in [1.29, 1.82) is 0 Å². The van der Waals surface area contributed by atoms with Crippen LogP contribution in [0.3, 0.4) is 0 Å². The van der Waals surface area contributed by atoms with E-state index in [4.69, 9.17) is 0 Å². The van der Waals surface area contributed by atoms with Gasteiger partial charge in [0.05, 0.1) is 0 Å². The summed E-state index contributed by atoms with van der Waals surface area (Å²) in [4.78, 5) is 27.4. The lowest BCUT2D eigenvalue weighted by atomic mass is 9.78. The number of piperazine rings is 1. The summed E-state index contributed by atoms with van der Waals surface area (Å²) in [6.45, 7) is 4.45. The van der Waals surface area contributed by atoms with Gasteiger partial charge in [-0.2, -0.15) is 0 Å². The van der Waals surface area contributed by atoms with Gasteiger partial charge in [0.1, 0.15) is 11.6 Å². The molecule has 21 heavy (non-hydrogen) atoms. The highest BCUT2D eigenvalue weighted by atomic mass is 16.2. The molecule has 1 heterocycles. The fourth-order valence-electron chi connectivity index (χ4n) is 4.13. The average molecular weight is 292 g/mol. The third kappa shape index (κ3) is 2.82.